The van der Waals surface area contributed by atoms with Crippen LogP contribution in [0.5, 0.6) is 0 Å². The van der Waals surface area contributed by atoms with Crippen molar-refractivity contribution in [1.29, 1.82) is 0 Å². The van der Waals surface area contributed by atoms with Gasteiger partial charge in [-0.3, -0.25) is 4.79 Å². The molecule has 0 atom stereocenters. The lowest BCUT2D eigenvalue weighted by Crippen LogP contribution is -2.19. The van der Waals surface area contributed by atoms with E-state index in [-0.39, 0.29) is 12.5 Å². The first-order valence-electron chi connectivity index (χ1n) is 7.23. The molecule has 0 saturated carbocycles. The molecule has 0 aliphatic rings. The summed E-state index contributed by atoms with van der Waals surface area (Å²) < 4.78 is 1.49. The number of carbonyl (C=O) groups is 1. The highest BCUT2D eigenvalue weighted by Crippen LogP contribution is 2.25. The molecule has 5 nitrogen and oxygen atoms in total. The summed E-state index contributed by atoms with van der Waals surface area (Å²) in [5.74, 6) is -0.228. The van der Waals surface area contributed by atoms with Gasteiger partial charge in [-0.15, -0.1) is 5.10 Å². The minimum Gasteiger partial charge on any atom is -0.324 e. The minimum atomic E-state index is -0.228. The first kappa shape index (κ1) is 16.5. The molecule has 0 spiro atoms. The molecule has 3 rings (SSSR count). The molecule has 1 heterocycles. The lowest BCUT2D eigenvalue weighted by atomic mass is 10.1. The van der Waals surface area contributed by atoms with Gasteiger partial charge in [0.1, 0.15) is 12.2 Å². The van der Waals surface area contributed by atoms with Crippen LogP contribution in [-0.4, -0.2) is 20.9 Å². The van der Waals surface area contributed by atoms with E-state index in [9.17, 15) is 4.79 Å². The largest absolute Gasteiger partial charge is 0.324 e. The molecule has 0 radical (unpaired) electrons. The average Bonchev–Trinajstić information content (AvgIpc) is 3.00. The predicted octanol–water partition coefficient (Wildman–Crippen LogP) is 4.20. The fraction of sp³-hybridized carbons (Fsp3) is 0.118. The van der Waals surface area contributed by atoms with Gasteiger partial charge in [-0.1, -0.05) is 58.2 Å². The van der Waals surface area contributed by atoms with Crippen LogP contribution in [0.4, 0.5) is 5.69 Å². The number of nitrogens with zero attached hydrogens (tertiary/aromatic N) is 3. The van der Waals surface area contributed by atoms with Crippen LogP contribution in [0.2, 0.25) is 10.0 Å². The van der Waals surface area contributed by atoms with Crippen LogP contribution >= 0.6 is 23.2 Å². The number of benzene rings is 2. The van der Waals surface area contributed by atoms with E-state index in [1.165, 1.54) is 10.2 Å². The third-order valence-corrected chi connectivity index (χ3v) is 4.13. The van der Waals surface area contributed by atoms with E-state index >= 15 is 0 Å². The summed E-state index contributed by atoms with van der Waals surface area (Å²) in [6.07, 6.45) is 1.74. The molecule has 2 aromatic carbocycles. The summed E-state index contributed by atoms with van der Waals surface area (Å²) in [6.45, 7) is 2.08. The number of hydrogen-bond acceptors (Lipinski definition) is 3. The molecule has 0 aliphatic carbocycles. The van der Waals surface area contributed by atoms with Crippen LogP contribution in [0.3, 0.4) is 0 Å². The highest BCUT2D eigenvalue weighted by molar-refractivity contribution is 6.42. The number of amides is 1. The van der Waals surface area contributed by atoms with E-state index in [2.05, 4.69) is 15.6 Å². The van der Waals surface area contributed by atoms with E-state index in [0.717, 1.165) is 11.3 Å². The summed E-state index contributed by atoms with van der Waals surface area (Å²) in [4.78, 5) is 12.1. The SMILES string of the molecule is Cc1ccc(-c2cn(CC(=O)Nc3ccc(Cl)c(Cl)c3)nn2)cc1. The van der Waals surface area contributed by atoms with Crippen molar-refractivity contribution in [3.05, 3.63) is 64.3 Å². The Morgan fingerprint density at radius 1 is 1.12 bits per heavy atom. The van der Waals surface area contributed by atoms with Crippen LogP contribution in [0.15, 0.2) is 48.7 Å². The smallest absolute Gasteiger partial charge is 0.246 e. The zero-order valence-corrected chi connectivity index (χ0v) is 14.3. The van der Waals surface area contributed by atoms with Crippen molar-refractivity contribution in [1.82, 2.24) is 15.0 Å². The van der Waals surface area contributed by atoms with Crippen LogP contribution in [0, 0.1) is 6.92 Å². The van der Waals surface area contributed by atoms with Gasteiger partial charge in [0.25, 0.3) is 0 Å². The highest BCUT2D eigenvalue weighted by Gasteiger charge is 2.09. The zero-order valence-electron chi connectivity index (χ0n) is 12.8. The van der Waals surface area contributed by atoms with Crippen molar-refractivity contribution in [2.24, 2.45) is 0 Å². The van der Waals surface area contributed by atoms with E-state index in [1.807, 2.05) is 31.2 Å². The van der Waals surface area contributed by atoms with Gasteiger partial charge >= 0.3 is 0 Å². The summed E-state index contributed by atoms with van der Waals surface area (Å²) in [5.41, 5.74) is 3.43. The Kier molecular flexibility index (Phi) is 4.83. The van der Waals surface area contributed by atoms with Crippen molar-refractivity contribution >= 4 is 34.8 Å². The molecule has 0 aliphatic heterocycles. The molecular formula is C17H14Cl2N4O. The molecule has 0 bridgehead atoms. The van der Waals surface area contributed by atoms with Crippen molar-refractivity contribution in [2.45, 2.75) is 13.5 Å². The Balaban J connectivity index is 1.66. The van der Waals surface area contributed by atoms with Crippen molar-refractivity contribution in [3.63, 3.8) is 0 Å². The monoisotopic (exact) mass is 360 g/mol. The van der Waals surface area contributed by atoms with Gasteiger partial charge in [-0.05, 0) is 25.1 Å². The second-order valence-electron chi connectivity index (χ2n) is 5.34. The minimum absolute atomic E-state index is 0.0547. The maximum absolute atomic E-state index is 12.1. The van der Waals surface area contributed by atoms with Gasteiger partial charge in [0.05, 0.1) is 16.2 Å². The maximum Gasteiger partial charge on any atom is 0.246 e. The number of nitrogens with one attached hydrogen (secondary N) is 1. The second kappa shape index (κ2) is 7.03. The summed E-state index contributed by atoms with van der Waals surface area (Å²) in [7, 11) is 0. The molecule has 122 valence electrons. The Bertz CT molecular complexity index is 875. The number of carbonyl (C=O) groups excluding carboxylic acids is 1. The van der Waals surface area contributed by atoms with Gasteiger partial charge < -0.3 is 5.32 Å². The summed E-state index contributed by atoms with van der Waals surface area (Å²) in [6, 6.07) is 12.9. The first-order chi connectivity index (χ1) is 11.5. The lowest BCUT2D eigenvalue weighted by molar-refractivity contribution is -0.116. The lowest BCUT2D eigenvalue weighted by Gasteiger charge is -2.06. The van der Waals surface area contributed by atoms with Gasteiger partial charge in [-0.2, -0.15) is 0 Å². The van der Waals surface area contributed by atoms with Gasteiger partial charge in [0.2, 0.25) is 5.91 Å². The number of anilines is 1. The van der Waals surface area contributed by atoms with E-state index in [1.54, 1.807) is 24.4 Å². The molecule has 24 heavy (non-hydrogen) atoms. The Hall–Kier alpha value is -2.37. The quantitative estimate of drug-likeness (QED) is 0.758. The zero-order chi connectivity index (χ0) is 17.1. The molecule has 3 aromatic rings. The standard InChI is InChI=1S/C17H14Cl2N4O/c1-11-2-4-12(5-3-11)16-9-23(22-21-16)10-17(24)20-13-6-7-14(18)15(19)8-13/h2-9H,10H2,1H3,(H,20,24). The van der Waals surface area contributed by atoms with Crippen LogP contribution < -0.4 is 5.32 Å². The summed E-state index contributed by atoms with van der Waals surface area (Å²) in [5, 5.41) is 11.7. The fourth-order valence-corrected chi connectivity index (χ4v) is 2.45. The highest BCUT2D eigenvalue weighted by atomic mass is 35.5. The van der Waals surface area contributed by atoms with E-state index in [4.69, 9.17) is 23.2 Å². The van der Waals surface area contributed by atoms with Gasteiger partial charge in [0.15, 0.2) is 0 Å². The number of hydrogen-bond donors (Lipinski definition) is 1. The molecular weight excluding hydrogens is 347 g/mol. The van der Waals surface area contributed by atoms with Gasteiger partial charge in [0, 0.05) is 11.3 Å². The summed E-state index contributed by atoms with van der Waals surface area (Å²) >= 11 is 11.8. The molecule has 1 aromatic heterocycles. The van der Waals surface area contributed by atoms with Crippen LogP contribution in [0.25, 0.3) is 11.3 Å². The number of aromatic nitrogens is 3. The third kappa shape index (κ3) is 3.93. The average molecular weight is 361 g/mol. The molecule has 0 fully saturated rings. The molecule has 0 unspecified atom stereocenters. The molecule has 1 amide bonds. The number of halogens is 2. The normalized spacial score (nSPS) is 10.6. The maximum atomic E-state index is 12.1. The molecule has 0 saturated heterocycles. The van der Waals surface area contributed by atoms with Gasteiger partial charge in [-0.25, -0.2) is 4.68 Å². The molecule has 7 heteroatoms. The fourth-order valence-electron chi connectivity index (χ4n) is 2.15. The Morgan fingerprint density at radius 2 is 1.88 bits per heavy atom. The van der Waals surface area contributed by atoms with Crippen LogP contribution in [-0.2, 0) is 11.3 Å². The predicted molar refractivity (Wildman–Crippen MR) is 95.3 cm³/mol. The topological polar surface area (TPSA) is 59.8 Å². The molecule has 1 N–H and O–H groups in total. The van der Waals surface area contributed by atoms with Crippen molar-refractivity contribution in [3.8, 4) is 11.3 Å². The number of rotatable bonds is 4. The van der Waals surface area contributed by atoms with Crippen LogP contribution in [0.1, 0.15) is 5.56 Å². The third-order valence-electron chi connectivity index (χ3n) is 3.39. The first-order valence-corrected chi connectivity index (χ1v) is 7.99. The number of aryl methyl sites for hydroxylation is 1. The Morgan fingerprint density at radius 3 is 2.58 bits per heavy atom. The van der Waals surface area contributed by atoms with Crippen molar-refractivity contribution < 1.29 is 4.79 Å². The Labute approximate surface area is 149 Å². The van der Waals surface area contributed by atoms with E-state index < -0.39 is 0 Å². The second-order valence-corrected chi connectivity index (χ2v) is 6.16. The van der Waals surface area contributed by atoms with E-state index in [0.29, 0.717) is 15.7 Å². The van der Waals surface area contributed by atoms with Crippen molar-refractivity contribution in [2.75, 3.05) is 5.32 Å².